The first-order valence-electron chi connectivity index (χ1n) is 10.3. The van der Waals surface area contributed by atoms with E-state index in [4.69, 9.17) is 9.72 Å². The second kappa shape index (κ2) is 7.10. The van der Waals surface area contributed by atoms with Gasteiger partial charge < -0.3 is 25.3 Å². The monoisotopic (exact) mass is 402 g/mol. The molecule has 9 heteroatoms. The fraction of sp³-hybridized carbons (Fsp3) is 0.333. The molecule has 4 heterocycles. The van der Waals surface area contributed by atoms with Crippen LogP contribution in [-0.2, 0) is 4.74 Å². The van der Waals surface area contributed by atoms with Crippen LogP contribution < -0.4 is 15.5 Å². The fourth-order valence-electron chi connectivity index (χ4n) is 3.70. The summed E-state index contributed by atoms with van der Waals surface area (Å²) in [6, 6.07) is 10.8. The van der Waals surface area contributed by atoms with E-state index in [2.05, 4.69) is 53.7 Å². The first kappa shape index (κ1) is 17.4. The van der Waals surface area contributed by atoms with E-state index >= 15 is 0 Å². The molecule has 1 saturated heterocycles. The van der Waals surface area contributed by atoms with Gasteiger partial charge in [-0.15, -0.1) is 0 Å². The molecule has 0 radical (unpaired) electrons. The third-order valence-corrected chi connectivity index (χ3v) is 5.46. The van der Waals surface area contributed by atoms with Crippen molar-refractivity contribution in [3.8, 4) is 0 Å². The number of nitrogens with one attached hydrogen (secondary N) is 3. The maximum Gasteiger partial charge on any atom is 0.231 e. The summed E-state index contributed by atoms with van der Waals surface area (Å²) >= 11 is 0. The Kier molecular flexibility index (Phi) is 4.12. The standard InChI is InChI=1S/C21H22N8O/c1-6-17(29-7-9-30-10-8-29)26-16-5-4-15(11-13(1)16)25-21-27-19-18(22-12-23-19)20(28-21)24-14-2-3-14/h1,4-6,11-12,14H,2-3,7-10H2,(H3,22,23,24,25,27,28). The molecule has 6 rings (SSSR count). The van der Waals surface area contributed by atoms with Gasteiger partial charge >= 0.3 is 0 Å². The van der Waals surface area contributed by atoms with Crippen LogP contribution in [0.15, 0.2) is 36.7 Å². The molecule has 2 aliphatic rings. The molecule has 4 aromatic rings. The highest BCUT2D eigenvalue weighted by atomic mass is 16.5. The van der Waals surface area contributed by atoms with E-state index in [-0.39, 0.29) is 0 Å². The zero-order valence-corrected chi connectivity index (χ0v) is 16.4. The predicted octanol–water partition coefficient (Wildman–Crippen LogP) is 3.06. The van der Waals surface area contributed by atoms with Crippen molar-refractivity contribution >= 4 is 45.3 Å². The molecule has 3 aromatic heterocycles. The predicted molar refractivity (Wildman–Crippen MR) is 116 cm³/mol. The van der Waals surface area contributed by atoms with Crippen LogP contribution in [0.3, 0.4) is 0 Å². The van der Waals surface area contributed by atoms with E-state index in [1.165, 1.54) is 12.8 Å². The van der Waals surface area contributed by atoms with Crippen molar-refractivity contribution in [3.05, 3.63) is 36.7 Å². The summed E-state index contributed by atoms with van der Waals surface area (Å²) in [5.41, 5.74) is 3.37. The number of imidazole rings is 1. The molecule has 1 aromatic carbocycles. The molecule has 2 fully saturated rings. The van der Waals surface area contributed by atoms with Gasteiger partial charge in [0.2, 0.25) is 5.95 Å². The van der Waals surface area contributed by atoms with Crippen molar-refractivity contribution in [2.45, 2.75) is 18.9 Å². The van der Waals surface area contributed by atoms with Crippen LogP contribution >= 0.6 is 0 Å². The van der Waals surface area contributed by atoms with Gasteiger partial charge in [0.1, 0.15) is 11.3 Å². The lowest BCUT2D eigenvalue weighted by molar-refractivity contribution is 0.122. The SMILES string of the molecule is c1nc2c(NC3CC3)nc(Nc3ccc4nc(N5CCOCC5)ccc4c3)nc2[nH]1. The zero-order chi connectivity index (χ0) is 19.9. The summed E-state index contributed by atoms with van der Waals surface area (Å²) in [6.45, 7) is 3.26. The molecule has 152 valence electrons. The molecule has 0 amide bonds. The minimum Gasteiger partial charge on any atom is -0.378 e. The van der Waals surface area contributed by atoms with Crippen LogP contribution in [0, 0.1) is 0 Å². The minimum absolute atomic E-state index is 0.486. The van der Waals surface area contributed by atoms with E-state index in [1.54, 1.807) is 6.33 Å². The number of nitrogens with zero attached hydrogens (tertiary/aromatic N) is 5. The minimum atomic E-state index is 0.486. The highest BCUT2D eigenvalue weighted by Gasteiger charge is 2.23. The quantitative estimate of drug-likeness (QED) is 0.468. The lowest BCUT2D eigenvalue weighted by atomic mass is 10.2. The van der Waals surface area contributed by atoms with Gasteiger partial charge in [-0.3, -0.25) is 0 Å². The number of hydrogen-bond acceptors (Lipinski definition) is 8. The molecule has 3 N–H and O–H groups in total. The Morgan fingerprint density at radius 3 is 2.80 bits per heavy atom. The molecular weight excluding hydrogens is 380 g/mol. The number of pyridine rings is 1. The molecular formula is C21H22N8O. The van der Waals surface area contributed by atoms with Crippen molar-refractivity contribution < 1.29 is 4.74 Å². The Bertz CT molecular complexity index is 1210. The number of aromatic nitrogens is 5. The molecule has 0 unspecified atom stereocenters. The first-order valence-corrected chi connectivity index (χ1v) is 10.3. The molecule has 0 atom stereocenters. The maximum atomic E-state index is 5.44. The van der Waals surface area contributed by atoms with Gasteiger partial charge in [0.05, 0.1) is 25.1 Å². The third-order valence-electron chi connectivity index (χ3n) is 5.46. The lowest BCUT2D eigenvalue weighted by Gasteiger charge is -2.27. The van der Waals surface area contributed by atoms with E-state index in [0.717, 1.165) is 60.0 Å². The second-order valence-electron chi connectivity index (χ2n) is 7.72. The average Bonchev–Trinajstić information content (AvgIpc) is 3.47. The van der Waals surface area contributed by atoms with E-state index in [9.17, 15) is 0 Å². The van der Waals surface area contributed by atoms with Crippen LogP contribution in [0.4, 0.5) is 23.3 Å². The normalized spacial score (nSPS) is 16.9. The second-order valence-corrected chi connectivity index (χ2v) is 7.72. The number of benzene rings is 1. The van der Waals surface area contributed by atoms with Crippen LogP contribution in [0.5, 0.6) is 0 Å². The Balaban J connectivity index is 1.28. The number of aromatic amines is 1. The Hall–Kier alpha value is -3.46. The van der Waals surface area contributed by atoms with Gasteiger partial charge in [0.15, 0.2) is 11.5 Å². The van der Waals surface area contributed by atoms with Gasteiger partial charge in [-0.1, -0.05) is 0 Å². The van der Waals surface area contributed by atoms with E-state index in [0.29, 0.717) is 17.6 Å². The van der Waals surface area contributed by atoms with Crippen molar-refractivity contribution in [3.63, 3.8) is 0 Å². The highest BCUT2D eigenvalue weighted by molar-refractivity contribution is 5.86. The Morgan fingerprint density at radius 1 is 1.03 bits per heavy atom. The molecule has 1 aliphatic heterocycles. The van der Waals surface area contributed by atoms with Crippen LogP contribution in [0.25, 0.3) is 22.1 Å². The zero-order valence-electron chi connectivity index (χ0n) is 16.4. The van der Waals surface area contributed by atoms with Gasteiger partial charge in [0, 0.05) is 30.2 Å². The van der Waals surface area contributed by atoms with Gasteiger partial charge in [-0.05, 0) is 43.2 Å². The number of hydrogen-bond donors (Lipinski definition) is 3. The molecule has 1 aliphatic carbocycles. The van der Waals surface area contributed by atoms with Gasteiger partial charge in [-0.2, -0.15) is 9.97 Å². The van der Waals surface area contributed by atoms with E-state index < -0.39 is 0 Å². The third kappa shape index (κ3) is 3.37. The largest absolute Gasteiger partial charge is 0.378 e. The summed E-state index contributed by atoms with van der Waals surface area (Å²) in [7, 11) is 0. The van der Waals surface area contributed by atoms with Gasteiger partial charge in [-0.25, -0.2) is 9.97 Å². The number of ether oxygens (including phenoxy) is 1. The lowest BCUT2D eigenvalue weighted by Crippen LogP contribution is -2.36. The fourth-order valence-corrected chi connectivity index (χ4v) is 3.70. The van der Waals surface area contributed by atoms with Crippen molar-refractivity contribution in [1.82, 2.24) is 24.9 Å². The van der Waals surface area contributed by atoms with E-state index in [1.807, 2.05) is 12.1 Å². The van der Waals surface area contributed by atoms with Crippen LogP contribution in [0.2, 0.25) is 0 Å². The maximum absolute atomic E-state index is 5.44. The summed E-state index contributed by atoms with van der Waals surface area (Å²) in [5.74, 6) is 2.30. The summed E-state index contributed by atoms with van der Waals surface area (Å²) < 4.78 is 5.44. The number of morpholine rings is 1. The average molecular weight is 402 g/mol. The Labute approximate surface area is 172 Å². The number of rotatable bonds is 5. The van der Waals surface area contributed by atoms with Crippen molar-refractivity contribution in [2.75, 3.05) is 41.8 Å². The van der Waals surface area contributed by atoms with Crippen LogP contribution in [-0.4, -0.2) is 57.3 Å². The number of fused-ring (bicyclic) bond motifs is 2. The molecule has 0 spiro atoms. The number of H-pyrrole nitrogens is 1. The molecule has 1 saturated carbocycles. The highest BCUT2D eigenvalue weighted by Crippen LogP contribution is 2.29. The molecule has 0 bridgehead atoms. The molecule has 9 nitrogen and oxygen atoms in total. The summed E-state index contributed by atoms with van der Waals surface area (Å²) in [6.07, 6.45) is 3.99. The summed E-state index contributed by atoms with van der Waals surface area (Å²) in [5, 5.41) is 7.83. The smallest absolute Gasteiger partial charge is 0.231 e. The Morgan fingerprint density at radius 2 is 1.93 bits per heavy atom. The summed E-state index contributed by atoms with van der Waals surface area (Å²) in [4.78, 5) is 23.7. The van der Waals surface area contributed by atoms with Gasteiger partial charge in [0.25, 0.3) is 0 Å². The topological polar surface area (TPSA) is 104 Å². The first-order chi connectivity index (χ1) is 14.8. The molecule has 30 heavy (non-hydrogen) atoms. The van der Waals surface area contributed by atoms with Crippen LogP contribution in [0.1, 0.15) is 12.8 Å². The van der Waals surface area contributed by atoms with Crippen molar-refractivity contribution in [1.29, 1.82) is 0 Å². The number of anilines is 4. The van der Waals surface area contributed by atoms with Crippen molar-refractivity contribution in [2.24, 2.45) is 0 Å².